The van der Waals surface area contributed by atoms with Gasteiger partial charge in [-0.15, -0.1) is 0 Å². The lowest BCUT2D eigenvalue weighted by Crippen LogP contribution is -2.15. The molecule has 7 nitrogen and oxygen atoms in total. The first-order valence-electron chi connectivity index (χ1n) is 10.1. The van der Waals surface area contributed by atoms with Crippen LogP contribution in [-0.2, 0) is 13.2 Å². The van der Waals surface area contributed by atoms with Crippen molar-refractivity contribution in [3.8, 4) is 5.75 Å². The summed E-state index contributed by atoms with van der Waals surface area (Å²) in [6, 6.07) is 13.6. The predicted octanol–water partition coefficient (Wildman–Crippen LogP) is 5.44. The van der Waals surface area contributed by atoms with Gasteiger partial charge in [0.2, 0.25) is 0 Å². The molecule has 2 heterocycles. The van der Waals surface area contributed by atoms with Crippen molar-refractivity contribution in [2.45, 2.75) is 33.9 Å². The molecule has 2 aromatic carbocycles. The molecule has 0 fully saturated rings. The van der Waals surface area contributed by atoms with Gasteiger partial charge in [0, 0.05) is 11.9 Å². The topological polar surface area (TPSA) is 82.2 Å². The lowest BCUT2D eigenvalue weighted by Gasteiger charge is -2.10. The highest BCUT2D eigenvalue weighted by molar-refractivity contribution is 9.10. The molecular weight excluding hydrogens is 472 g/mol. The second-order valence-electron chi connectivity index (χ2n) is 7.69. The number of aryl methyl sites for hydroxylation is 3. The molecule has 1 N–H and O–H groups in total. The zero-order valence-electron chi connectivity index (χ0n) is 18.1. The smallest absolute Gasteiger partial charge is 0.278 e. The van der Waals surface area contributed by atoms with Gasteiger partial charge in [0.15, 0.2) is 5.69 Å². The first-order valence-corrected chi connectivity index (χ1v) is 10.9. The number of anilines is 1. The largest absolute Gasteiger partial charge is 0.489 e. The van der Waals surface area contributed by atoms with Crippen LogP contribution in [0.1, 0.15) is 38.5 Å². The number of hydrogen-bond acceptors (Lipinski definition) is 5. The van der Waals surface area contributed by atoms with Crippen LogP contribution in [0.15, 0.2) is 63.9 Å². The normalized spacial score (nSPS) is 10.9. The van der Waals surface area contributed by atoms with Crippen molar-refractivity contribution in [3.63, 3.8) is 0 Å². The molecule has 0 unspecified atom stereocenters. The SMILES string of the molecule is Cc1cc(C)cc(OCc2c(C(=O)Nc3cccc(Cn4cc(Br)cn4)c3)noc2C)c1. The Bertz CT molecular complexity index is 1240. The Kier molecular flexibility index (Phi) is 6.41. The molecule has 4 aromatic rings. The number of carbonyl (C=O) groups is 1. The first-order chi connectivity index (χ1) is 15.4. The first kappa shape index (κ1) is 21.8. The minimum Gasteiger partial charge on any atom is -0.489 e. The highest BCUT2D eigenvalue weighted by Gasteiger charge is 2.21. The number of rotatable bonds is 7. The molecule has 1 amide bonds. The zero-order valence-corrected chi connectivity index (χ0v) is 19.6. The van der Waals surface area contributed by atoms with Crippen LogP contribution in [0.2, 0.25) is 0 Å². The minimum absolute atomic E-state index is 0.190. The summed E-state index contributed by atoms with van der Waals surface area (Å²) in [4.78, 5) is 12.9. The van der Waals surface area contributed by atoms with Gasteiger partial charge < -0.3 is 14.6 Å². The molecule has 0 saturated carbocycles. The van der Waals surface area contributed by atoms with E-state index in [0.29, 0.717) is 23.6 Å². The summed E-state index contributed by atoms with van der Waals surface area (Å²) < 4.78 is 13.9. The number of carbonyl (C=O) groups excluding carboxylic acids is 1. The molecular formula is C24H23BrN4O3. The quantitative estimate of drug-likeness (QED) is 0.369. The van der Waals surface area contributed by atoms with Crippen LogP contribution in [0.25, 0.3) is 0 Å². The number of aromatic nitrogens is 3. The van der Waals surface area contributed by atoms with Gasteiger partial charge in [-0.3, -0.25) is 9.48 Å². The van der Waals surface area contributed by atoms with Crippen LogP contribution in [0, 0.1) is 20.8 Å². The van der Waals surface area contributed by atoms with Gasteiger partial charge in [-0.1, -0.05) is 23.4 Å². The third-order valence-electron chi connectivity index (χ3n) is 4.91. The van der Waals surface area contributed by atoms with Crippen molar-refractivity contribution < 1.29 is 14.1 Å². The summed E-state index contributed by atoms with van der Waals surface area (Å²) in [5, 5.41) is 11.1. The highest BCUT2D eigenvalue weighted by atomic mass is 79.9. The third-order valence-corrected chi connectivity index (χ3v) is 5.32. The van der Waals surface area contributed by atoms with Crippen molar-refractivity contribution in [1.82, 2.24) is 14.9 Å². The number of amides is 1. The minimum atomic E-state index is -0.347. The maximum absolute atomic E-state index is 12.9. The fourth-order valence-electron chi connectivity index (χ4n) is 3.46. The number of hydrogen-bond donors (Lipinski definition) is 1. The van der Waals surface area contributed by atoms with Crippen molar-refractivity contribution >= 4 is 27.5 Å². The van der Waals surface area contributed by atoms with E-state index in [4.69, 9.17) is 9.26 Å². The van der Waals surface area contributed by atoms with Gasteiger partial charge in [-0.2, -0.15) is 5.10 Å². The molecule has 4 rings (SSSR count). The second kappa shape index (κ2) is 9.40. The molecule has 0 spiro atoms. The Hall–Kier alpha value is -3.39. The van der Waals surface area contributed by atoms with E-state index < -0.39 is 0 Å². The van der Waals surface area contributed by atoms with Crippen molar-refractivity contribution in [2.24, 2.45) is 0 Å². The van der Waals surface area contributed by atoms with Crippen molar-refractivity contribution in [1.29, 1.82) is 0 Å². The Morgan fingerprint density at radius 3 is 2.66 bits per heavy atom. The number of nitrogens with zero attached hydrogens (tertiary/aromatic N) is 3. The van der Waals surface area contributed by atoms with Crippen LogP contribution in [0.3, 0.4) is 0 Å². The van der Waals surface area contributed by atoms with E-state index in [1.54, 1.807) is 13.1 Å². The van der Waals surface area contributed by atoms with Gasteiger partial charge in [0.25, 0.3) is 5.91 Å². The standard InChI is InChI=1S/C24H23BrN4O3/c1-15-7-16(2)9-21(8-15)31-14-22-17(3)32-28-23(22)24(30)27-20-6-4-5-18(10-20)12-29-13-19(25)11-26-29/h4-11,13H,12,14H2,1-3H3,(H,27,30). The summed E-state index contributed by atoms with van der Waals surface area (Å²) in [5.41, 5.74) is 4.74. The average molecular weight is 495 g/mol. The van der Waals surface area contributed by atoms with Crippen molar-refractivity contribution in [2.75, 3.05) is 5.32 Å². The van der Waals surface area contributed by atoms with Gasteiger partial charge in [0.05, 0.1) is 22.8 Å². The van der Waals surface area contributed by atoms with Gasteiger partial charge in [-0.05, 0) is 77.7 Å². The molecule has 0 aliphatic carbocycles. The molecule has 0 bridgehead atoms. The average Bonchev–Trinajstić information content (AvgIpc) is 3.31. The van der Waals surface area contributed by atoms with Crippen LogP contribution >= 0.6 is 15.9 Å². The van der Waals surface area contributed by atoms with E-state index in [2.05, 4.69) is 37.6 Å². The van der Waals surface area contributed by atoms with E-state index >= 15 is 0 Å². The monoisotopic (exact) mass is 494 g/mol. The van der Waals surface area contributed by atoms with Crippen LogP contribution < -0.4 is 10.1 Å². The lowest BCUT2D eigenvalue weighted by molar-refractivity contribution is 0.101. The Morgan fingerprint density at radius 2 is 1.94 bits per heavy atom. The van der Waals surface area contributed by atoms with Crippen LogP contribution in [0.5, 0.6) is 5.75 Å². The molecule has 0 aliphatic rings. The van der Waals surface area contributed by atoms with Gasteiger partial charge >= 0.3 is 0 Å². The fraction of sp³-hybridized carbons (Fsp3) is 0.208. The van der Waals surface area contributed by atoms with Crippen LogP contribution in [0.4, 0.5) is 5.69 Å². The summed E-state index contributed by atoms with van der Waals surface area (Å²) in [7, 11) is 0. The van der Waals surface area contributed by atoms with E-state index in [1.165, 1.54) is 0 Å². The number of ether oxygens (including phenoxy) is 1. The highest BCUT2D eigenvalue weighted by Crippen LogP contribution is 2.22. The van der Waals surface area contributed by atoms with E-state index in [-0.39, 0.29) is 18.2 Å². The van der Waals surface area contributed by atoms with Crippen molar-refractivity contribution in [3.05, 3.63) is 93.0 Å². The summed E-state index contributed by atoms with van der Waals surface area (Å²) in [5.74, 6) is 0.949. The molecule has 0 saturated heterocycles. The molecule has 8 heteroatoms. The predicted molar refractivity (Wildman–Crippen MR) is 125 cm³/mol. The lowest BCUT2D eigenvalue weighted by atomic mass is 10.1. The number of halogens is 1. The molecule has 164 valence electrons. The maximum Gasteiger partial charge on any atom is 0.278 e. The van der Waals surface area contributed by atoms with E-state index in [1.807, 2.05) is 61.1 Å². The van der Waals surface area contributed by atoms with E-state index in [9.17, 15) is 4.79 Å². The summed E-state index contributed by atoms with van der Waals surface area (Å²) >= 11 is 3.40. The third kappa shape index (κ3) is 5.26. The molecule has 0 radical (unpaired) electrons. The molecule has 32 heavy (non-hydrogen) atoms. The van der Waals surface area contributed by atoms with Crippen LogP contribution in [-0.4, -0.2) is 20.8 Å². The molecule has 0 aliphatic heterocycles. The fourth-order valence-corrected chi connectivity index (χ4v) is 3.79. The zero-order chi connectivity index (χ0) is 22.7. The maximum atomic E-state index is 12.9. The Morgan fingerprint density at radius 1 is 1.16 bits per heavy atom. The second-order valence-corrected chi connectivity index (χ2v) is 8.60. The number of nitrogens with one attached hydrogen (secondary N) is 1. The summed E-state index contributed by atoms with van der Waals surface area (Å²) in [6.07, 6.45) is 3.63. The van der Waals surface area contributed by atoms with Gasteiger partial charge in [-0.25, -0.2) is 0 Å². The summed E-state index contributed by atoms with van der Waals surface area (Å²) in [6.45, 7) is 6.58. The molecule has 0 atom stereocenters. The van der Waals surface area contributed by atoms with E-state index in [0.717, 1.165) is 26.9 Å². The molecule has 2 aromatic heterocycles. The number of benzene rings is 2. The Balaban J connectivity index is 1.46. The van der Waals surface area contributed by atoms with Gasteiger partial charge in [0.1, 0.15) is 18.1 Å². The Labute approximate surface area is 194 Å².